The second-order valence-corrected chi connectivity index (χ2v) is 9.64. The topological polar surface area (TPSA) is 124 Å². The lowest BCUT2D eigenvalue weighted by Gasteiger charge is -2.19. The van der Waals surface area contributed by atoms with Crippen molar-refractivity contribution in [3.63, 3.8) is 0 Å². The number of non-ortho nitro benzene ring substituents is 1. The van der Waals surface area contributed by atoms with Gasteiger partial charge in [-0.25, -0.2) is 8.42 Å². The summed E-state index contributed by atoms with van der Waals surface area (Å²) in [4.78, 5) is 21.8. The van der Waals surface area contributed by atoms with Crippen LogP contribution in [0.4, 0.5) is 17.1 Å². The van der Waals surface area contributed by atoms with Gasteiger partial charge in [0.25, 0.3) is 21.4 Å². The van der Waals surface area contributed by atoms with E-state index in [2.05, 4.69) is 0 Å². The fraction of sp³-hybridized carbons (Fsp3) is 0.130. The van der Waals surface area contributed by atoms with Gasteiger partial charge in [0.1, 0.15) is 0 Å². The average molecular weight is 465 g/mol. The van der Waals surface area contributed by atoms with Crippen molar-refractivity contribution in [1.82, 2.24) is 0 Å². The number of anilines is 1. The standard InChI is InChI=1S/C23H19N3O6S/c1-15-3-7-17(8-4-15)11-18-14-24(33(31,32)20-9-5-16(2)6-10-20)21-12-19(25(27)28)13-22(23(18)21)26(29)30/h3-13H,14H2,1-2H3/b18-11+. The van der Waals surface area contributed by atoms with Gasteiger partial charge in [-0.05, 0) is 43.2 Å². The van der Waals surface area contributed by atoms with Crippen LogP contribution in [-0.4, -0.2) is 24.8 Å². The van der Waals surface area contributed by atoms with Crippen LogP contribution < -0.4 is 4.31 Å². The van der Waals surface area contributed by atoms with Crippen molar-refractivity contribution < 1.29 is 18.3 Å². The molecule has 1 aliphatic heterocycles. The van der Waals surface area contributed by atoms with Gasteiger partial charge in [-0.15, -0.1) is 0 Å². The molecule has 0 saturated carbocycles. The van der Waals surface area contributed by atoms with Gasteiger partial charge >= 0.3 is 0 Å². The van der Waals surface area contributed by atoms with E-state index >= 15 is 0 Å². The maximum atomic E-state index is 13.5. The number of sulfonamides is 1. The Kier molecular flexibility index (Phi) is 5.46. The fourth-order valence-electron chi connectivity index (χ4n) is 3.73. The third kappa shape index (κ3) is 4.08. The van der Waals surface area contributed by atoms with Crippen LogP contribution in [0.2, 0.25) is 0 Å². The van der Waals surface area contributed by atoms with E-state index in [9.17, 15) is 28.6 Å². The summed E-state index contributed by atoms with van der Waals surface area (Å²) in [5.41, 5.74) is 1.89. The first-order chi connectivity index (χ1) is 15.6. The Morgan fingerprint density at radius 1 is 0.879 bits per heavy atom. The zero-order valence-corrected chi connectivity index (χ0v) is 18.6. The van der Waals surface area contributed by atoms with E-state index in [0.717, 1.165) is 33.1 Å². The second kappa shape index (κ2) is 8.14. The van der Waals surface area contributed by atoms with E-state index in [1.165, 1.54) is 12.1 Å². The Morgan fingerprint density at radius 3 is 2.00 bits per heavy atom. The van der Waals surface area contributed by atoms with Gasteiger partial charge in [-0.2, -0.15) is 0 Å². The molecule has 0 saturated heterocycles. The number of fused-ring (bicyclic) bond motifs is 1. The lowest BCUT2D eigenvalue weighted by molar-refractivity contribution is -0.394. The number of nitro groups is 2. The number of benzene rings is 3. The number of aryl methyl sites for hydroxylation is 2. The summed E-state index contributed by atoms with van der Waals surface area (Å²) in [6, 6.07) is 15.5. The molecule has 0 aliphatic carbocycles. The van der Waals surface area contributed by atoms with Gasteiger partial charge in [-0.1, -0.05) is 47.5 Å². The molecular weight excluding hydrogens is 446 g/mol. The minimum atomic E-state index is -4.14. The highest BCUT2D eigenvalue weighted by Crippen LogP contribution is 2.47. The van der Waals surface area contributed by atoms with Crippen LogP contribution in [0.25, 0.3) is 11.6 Å². The van der Waals surface area contributed by atoms with Crippen molar-refractivity contribution in [2.45, 2.75) is 18.7 Å². The summed E-state index contributed by atoms with van der Waals surface area (Å²) < 4.78 is 27.9. The molecule has 1 aliphatic rings. The molecule has 0 aromatic heterocycles. The fourth-order valence-corrected chi connectivity index (χ4v) is 5.17. The third-order valence-electron chi connectivity index (χ3n) is 5.42. The van der Waals surface area contributed by atoms with Crippen LogP contribution in [0.3, 0.4) is 0 Å². The van der Waals surface area contributed by atoms with Crippen LogP contribution in [-0.2, 0) is 10.0 Å². The smallest absolute Gasteiger partial charge is 0.261 e. The molecule has 0 atom stereocenters. The third-order valence-corrected chi connectivity index (χ3v) is 7.19. The van der Waals surface area contributed by atoms with Crippen molar-refractivity contribution in [3.8, 4) is 0 Å². The Bertz CT molecular complexity index is 1410. The lowest BCUT2D eigenvalue weighted by Crippen LogP contribution is -2.29. The van der Waals surface area contributed by atoms with Gasteiger partial charge < -0.3 is 0 Å². The number of rotatable bonds is 5. The molecule has 168 valence electrons. The summed E-state index contributed by atoms with van der Waals surface area (Å²) in [5, 5.41) is 23.3. The zero-order valence-electron chi connectivity index (χ0n) is 17.8. The van der Waals surface area contributed by atoms with E-state index in [1.807, 2.05) is 38.1 Å². The van der Waals surface area contributed by atoms with Gasteiger partial charge in [0.15, 0.2) is 0 Å². The SMILES string of the molecule is Cc1ccc(/C=C2\CN(S(=O)(=O)c3ccc(C)cc3)c3cc([N+](=O)[O-])cc([N+](=O)[O-])c32)cc1. The van der Waals surface area contributed by atoms with Gasteiger partial charge in [0.05, 0.1) is 38.6 Å². The zero-order chi connectivity index (χ0) is 23.9. The van der Waals surface area contributed by atoms with Crippen LogP contribution >= 0.6 is 0 Å². The molecule has 0 amide bonds. The van der Waals surface area contributed by atoms with Crippen molar-refractivity contribution >= 4 is 38.7 Å². The molecule has 4 rings (SSSR count). The van der Waals surface area contributed by atoms with Gasteiger partial charge in [0.2, 0.25) is 0 Å². The summed E-state index contributed by atoms with van der Waals surface area (Å²) in [6.07, 6.45) is 1.67. The number of hydrogen-bond donors (Lipinski definition) is 0. The predicted octanol–water partition coefficient (Wildman–Crippen LogP) is 4.87. The first-order valence-electron chi connectivity index (χ1n) is 9.92. The second-order valence-electron chi connectivity index (χ2n) is 7.78. The van der Waals surface area contributed by atoms with Crippen molar-refractivity contribution in [3.05, 3.63) is 103 Å². The molecule has 0 spiro atoms. The summed E-state index contributed by atoms with van der Waals surface area (Å²) in [5.74, 6) is 0. The molecule has 0 unspecified atom stereocenters. The molecule has 0 bridgehead atoms. The van der Waals surface area contributed by atoms with E-state index in [-0.39, 0.29) is 22.7 Å². The minimum absolute atomic E-state index is 0.00945. The lowest BCUT2D eigenvalue weighted by atomic mass is 10.0. The quantitative estimate of drug-likeness (QED) is 0.391. The van der Waals surface area contributed by atoms with E-state index in [0.29, 0.717) is 5.57 Å². The summed E-state index contributed by atoms with van der Waals surface area (Å²) in [7, 11) is -4.14. The van der Waals surface area contributed by atoms with E-state index in [1.54, 1.807) is 18.2 Å². The number of nitro benzene ring substituents is 2. The Hall–Kier alpha value is -4.05. The minimum Gasteiger partial charge on any atom is -0.261 e. The number of nitrogens with zero attached hydrogens (tertiary/aromatic N) is 3. The summed E-state index contributed by atoms with van der Waals surface area (Å²) in [6.45, 7) is 3.54. The molecule has 0 radical (unpaired) electrons. The van der Waals surface area contributed by atoms with Crippen LogP contribution in [0.1, 0.15) is 22.3 Å². The molecule has 0 fully saturated rings. The Morgan fingerprint density at radius 2 is 1.45 bits per heavy atom. The first kappa shape index (κ1) is 22.2. The molecule has 3 aromatic carbocycles. The van der Waals surface area contributed by atoms with E-state index in [4.69, 9.17) is 0 Å². The Balaban J connectivity index is 1.97. The largest absolute Gasteiger partial charge is 0.285 e. The normalized spacial score (nSPS) is 14.4. The van der Waals surface area contributed by atoms with Crippen LogP contribution in [0.5, 0.6) is 0 Å². The average Bonchev–Trinajstić information content (AvgIpc) is 3.14. The van der Waals surface area contributed by atoms with Crippen molar-refractivity contribution in [1.29, 1.82) is 0 Å². The highest BCUT2D eigenvalue weighted by Gasteiger charge is 2.40. The predicted molar refractivity (Wildman–Crippen MR) is 125 cm³/mol. The number of hydrogen-bond acceptors (Lipinski definition) is 6. The molecule has 3 aromatic rings. The van der Waals surface area contributed by atoms with Crippen LogP contribution in [0, 0.1) is 34.1 Å². The molecule has 1 heterocycles. The highest BCUT2D eigenvalue weighted by molar-refractivity contribution is 7.92. The Labute approximate surface area is 190 Å². The van der Waals surface area contributed by atoms with Gasteiger partial charge in [-0.3, -0.25) is 24.5 Å². The maximum Gasteiger partial charge on any atom is 0.285 e. The van der Waals surface area contributed by atoms with Crippen molar-refractivity contribution in [2.24, 2.45) is 0 Å². The highest BCUT2D eigenvalue weighted by atomic mass is 32.2. The van der Waals surface area contributed by atoms with Gasteiger partial charge in [0, 0.05) is 6.07 Å². The molecule has 33 heavy (non-hydrogen) atoms. The summed E-state index contributed by atoms with van der Waals surface area (Å²) >= 11 is 0. The molecular formula is C23H19N3O6S. The maximum absolute atomic E-state index is 13.5. The first-order valence-corrected chi connectivity index (χ1v) is 11.4. The monoisotopic (exact) mass is 465 g/mol. The van der Waals surface area contributed by atoms with E-state index < -0.39 is 31.2 Å². The molecule has 0 N–H and O–H groups in total. The molecule has 9 nitrogen and oxygen atoms in total. The van der Waals surface area contributed by atoms with Crippen molar-refractivity contribution in [2.75, 3.05) is 10.8 Å². The molecule has 10 heteroatoms. The van der Waals surface area contributed by atoms with Crippen LogP contribution in [0.15, 0.2) is 65.6 Å².